The molecular formula is C19H19NO4. The van der Waals surface area contributed by atoms with Gasteiger partial charge in [0.05, 0.1) is 23.9 Å². The minimum atomic E-state index is -0.503. The van der Waals surface area contributed by atoms with E-state index < -0.39 is 11.9 Å². The molecule has 2 aromatic rings. The lowest BCUT2D eigenvalue weighted by atomic mass is 10.0. The fourth-order valence-corrected chi connectivity index (χ4v) is 2.35. The molecule has 0 aliphatic rings. The first-order valence-corrected chi connectivity index (χ1v) is 7.51. The van der Waals surface area contributed by atoms with Crippen molar-refractivity contribution < 1.29 is 19.1 Å². The lowest BCUT2D eigenvalue weighted by Gasteiger charge is -2.13. The molecule has 0 fully saturated rings. The Morgan fingerprint density at radius 3 is 2.67 bits per heavy atom. The van der Waals surface area contributed by atoms with Crippen molar-refractivity contribution in [1.29, 1.82) is 0 Å². The van der Waals surface area contributed by atoms with Crippen molar-refractivity contribution in [3.63, 3.8) is 0 Å². The number of methoxy groups -OCH3 is 1. The summed E-state index contributed by atoms with van der Waals surface area (Å²) in [5.74, 6) is -1.00. The van der Waals surface area contributed by atoms with Crippen LogP contribution in [0.15, 0.2) is 48.6 Å². The molecule has 0 bridgehead atoms. The summed E-state index contributed by atoms with van der Waals surface area (Å²) in [4.78, 5) is 28.3. The molecule has 124 valence electrons. The molecule has 24 heavy (non-hydrogen) atoms. The first kappa shape index (κ1) is 17.4. The molecule has 1 aromatic carbocycles. The van der Waals surface area contributed by atoms with Crippen LogP contribution in [0.3, 0.4) is 0 Å². The van der Waals surface area contributed by atoms with E-state index in [1.807, 2.05) is 38.1 Å². The number of carbonyl (C=O) groups excluding carboxylic acids is 2. The van der Waals surface area contributed by atoms with Gasteiger partial charge in [-0.3, -0.25) is 0 Å². The number of allylic oxidation sites excluding steroid dienone is 3. The van der Waals surface area contributed by atoms with E-state index in [0.717, 1.165) is 16.5 Å². The Balaban J connectivity index is 2.37. The van der Waals surface area contributed by atoms with Gasteiger partial charge >= 0.3 is 11.9 Å². The monoisotopic (exact) mass is 325 g/mol. The first-order chi connectivity index (χ1) is 11.6. The minimum absolute atomic E-state index is 0.102. The Labute approximate surface area is 140 Å². The molecule has 0 radical (unpaired) electrons. The number of pyridine rings is 1. The molecule has 0 unspecified atom stereocenters. The van der Waals surface area contributed by atoms with E-state index >= 15 is 0 Å². The Kier molecular flexibility index (Phi) is 5.84. The van der Waals surface area contributed by atoms with E-state index in [1.165, 1.54) is 13.2 Å². The summed E-state index contributed by atoms with van der Waals surface area (Å²) in [6.07, 6.45) is 6.42. The SMILES string of the molecule is C/C=C/C=C/C(=O)OCc1nc2ccccc2c(C)c1C(=O)OC. The van der Waals surface area contributed by atoms with Crippen LogP contribution in [0.1, 0.15) is 28.5 Å². The lowest BCUT2D eigenvalue weighted by Crippen LogP contribution is -2.13. The fraction of sp³-hybridized carbons (Fsp3) is 0.211. The zero-order valence-corrected chi connectivity index (χ0v) is 13.9. The van der Waals surface area contributed by atoms with Crippen LogP contribution in [-0.4, -0.2) is 24.0 Å². The van der Waals surface area contributed by atoms with E-state index in [4.69, 9.17) is 9.47 Å². The minimum Gasteiger partial charge on any atom is -0.465 e. The molecule has 0 saturated carbocycles. The van der Waals surface area contributed by atoms with Gasteiger partial charge in [0.2, 0.25) is 0 Å². The van der Waals surface area contributed by atoms with Gasteiger partial charge in [-0.1, -0.05) is 36.4 Å². The molecule has 5 nitrogen and oxygen atoms in total. The van der Waals surface area contributed by atoms with Crippen LogP contribution in [0.2, 0.25) is 0 Å². The van der Waals surface area contributed by atoms with Crippen molar-refractivity contribution >= 4 is 22.8 Å². The van der Waals surface area contributed by atoms with Crippen molar-refractivity contribution in [1.82, 2.24) is 4.98 Å². The number of aromatic nitrogens is 1. The molecule has 0 spiro atoms. The van der Waals surface area contributed by atoms with Crippen molar-refractivity contribution in [3.05, 3.63) is 65.4 Å². The first-order valence-electron chi connectivity index (χ1n) is 7.51. The number of esters is 2. The van der Waals surface area contributed by atoms with Gasteiger partial charge in [0.1, 0.15) is 6.61 Å². The summed E-state index contributed by atoms with van der Waals surface area (Å²) < 4.78 is 10.0. The largest absolute Gasteiger partial charge is 0.465 e. The second-order valence-corrected chi connectivity index (χ2v) is 5.06. The number of hydrogen-bond donors (Lipinski definition) is 0. The molecule has 0 saturated heterocycles. The third-order valence-corrected chi connectivity index (χ3v) is 3.50. The Bertz CT molecular complexity index is 821. The predicted molar refractivity (Wildman–Crippen MR) is 91.6 cm³/mol. The molecule has 2 rings (SSSR count). The number of nitrogens with zero attached hydrogens (tertiary/aromatic N) is 1. The summed E-state index contributed by atoms with van der Waals surface area (Å²) in [5, 5.41) is 0.862. The van der Waals surface area contributed by atoms with Crippen LogP contribution in [0.4, 0.5) is 0 Å². The Morgan fingerprint density at radius 1 is 1.21 bits per heavy atom. The summed E-state index contributed by atoms with van der Waals surface area (Å²) in [6.45, 7) is 3.57. The number of para-hydroxylation sites is 1. The molecule has 0 aliphatic heterocycles. The summed E-state index contributed by atoms with van der Waals surface area (Å²) in [5.41, 5.74) is 2.20. The maximum atomic E-state index is 12.1. The number of carbonyl (C=O) groups is 2. The van der Waals surface area contributed by atoms with E-state index in [1.54, 1.807) is 18.2 Å². The van der Waals surface area contributed by atoms with Gasteiger partial charge in [0.25, 0.3) is 0 Å². The molecule has 0 aliphatic carbocycles. The average molecular weight is 325 g/mol. The number of benzene rings is 1. The lowest BCUT2D eigenvalue weighted by molar-refractivity contribution is -0.139. The smallest absolute Gasteiger partial charge is 0.340 e. The van der Waals surface area contributed by atoms with Crippen LogP contribution in [0.5, 0.6) is 0 Å². The molecule has 0 amide bonds. The van der Waals surface area contributed by atoms with Gasteiger partial charge in [-0.05, 0) is 25.5 Å². The number of rotatable bonds is 5. The molecular weight excluding hydrogens is 306 g/mol. The fourth-order valence-electron chi connectivity index (χ4n) is 2.35. The van der Waals surface area contributed by atoms with E-state index in [2.05, 4.69) is 4.98 Å². The number of fused-ring (bicyclic) bond motifs is 1. The van der Waals surface area contributed by atoms with Gasteiger partial charge in [-0.2, -0.15) is 0 Å². The highest BCUT2D eigenvalue weighted by Gasteiger charge is 2.20. The standard InChI is InChI=1S/C19H19NO4/c1-4-5-6-11-17(21)24-12-16-18(19(22)23-3)13(2)14-9-7-8-10-15(14)20-16/h4-11H,12H2,1-3H3/b5-4+,11-6+. The molecule has 1 heterocycles. The number of hydrogen-bond acceptors (Lipinski definition) is 5. The van der Waals surface area contributed by atoms with Crippen molar-refractivity contribution in [2.75, 3.05) is 7.11 Å². The topological polar surface area (TPSA) is 65.5 Å². The number of ether oxygens (including phenoxy) is 2. The van der Waals surface area contributed by atoms with Crippen LogP contribution >= 0.6 is 0 Å². The zero-order chi connectivity index (χ0) is 17.5. The Morgan fingerprint density at radius 2 is 1.96 bits per heavy atom. The van der Waals surface area contributed by atoms with Crippen molar-refractivity contribution in [2.45, 2.75) is 20.5 Å². The third-order valence-electron chi connectivity index (χ3n) is 3.50. The molecule has 5 heteroatoms. The number of aryl methyl sites for hydroxylation is 1. The molecule has 1 aromatic heterocycles. The second kappa shape index (κ2) is 8.06. The molecule has 0 atom stereocenters. The van der Waals surface area contributed by atoms with Crippen LogP contribution in [0, 0.1) is 6.92 Å². The van der Waals surface area contributed by atoms with Crippen molar-refractivity contribution in [2.24, 2.45) is 0 Å². The summed E-state index contributed by atoms with van der Waals surface area (Å²) >= 11 is 0. The average Bonchev–Trinajstić information content (AvgIpc) is 2.59. The summed E-state index contributed by atoms with van der Waals surface area (Å²) in [7, 11) is 1.31. The van der Waals surface area contributed by atoms with Gasteiger partial charge in [-0.15, -0.1) is 0 Å². The molecule has 0 N–H and O–H groups in total. The second-order valence-electron chi connectivity index (χ2n) is 5.06. The third kappa shape index (κ3) is 3.87. The van der Waals surface area contributed by atoms with Gasteiger partial charge in [-0.25, -0.2) is 14.6 Å². The Hall–Kier alpha value is -2.95. The van der Waals surface area contributed by atoms with Gasteiger partial charge in [0.15, 0.2) is 0 Å². The highest BCUT2D eigenvalue weighted by molar-refractivity contribution is 5.98. The highest BCUT2D eigenvalue weighted by atomic mass is 16.5. The van der Waals surface area contributed by atoms with Gasteiger partial charge < -0.3 is 9.47 Å². The van der Waals surface area contributed by atoms with Crippen LogP contribution in [-0.2, 0) is 20.9 Å². The quantitative estimate of drug-likeness (QED) is 0.478. The van der Waals surface area contributed by atoms with Crippen LogP contribution < -0.4 is 0 Å². The van der Waals surface area contributed by atoms with E-state index in [-0.39, 0.29) is 6.61 Å². The highest BCUT2D eigenvalue weighted by Crippen LogP contribution is 2.24. The van der Waals surface area contributed by atoms with Crippen molar-refractivity contribution in [3.8, 4) is 0 Å². The van der Waals surface area contributed by atoms with E-state index in [9.17, 15) is 9.59 Å². The summed E-state index contributed by atoms with van der Waals surface area (Å²) in [6, 6.07) is 7.48. The predicted octanol–water partition coefficient (Wildman–Crippen LogP) is 3.51. The zero-order valence-electron chi connectivity index (χ0n) is 13.9. The van der Waals surface area contributed by atoms with E-state index in [0.29, 0.717) is 11.3 Å². The maximum absolute atomic E-state index is 12.1. The normalized spacial score (nSPS) is 11.3. The van der Waals surface area contributed by atoms with Crippen LogP contribution in [0.25, 0.3) is 10.9 Å². The maximum Gasteiger partial charge on any atom is 0.340 e. The van der Waals surface area contributed by atoms with Gasteiger partial charge in [0, 0.05) is 11.5 Å².